The van der Waals surface area contributed by atoms with E-state index in [-0.39, 0.29) is 5.91 Å². The van der Waals surface area contributed by atoms with Crippen molar-refractivity contribution in [2.45, 2.75) is 53.5 Å². The van der Waals surface area contributed by atoms with Crippen LogP contribution >= 0.6 is 0 Å². The number of rotatable bonds is 12. The van der Waals surface area contributed by atoms with Gasteiger partial charge < -0.3 is 24.0 Å². The largest absolute Gasteiger partial charge is 0.493 e. The van der Waals surface area contributed by atoms with Crippen molar-refractivity contribution >= 4 is 12.0 Å². The molecular weight excluding hydrogens is 452 g/mol. The van der Waals surface area contributed by atoms with Crippen molar-refractivity contribution in [2.24, 2.45) is 0 Å². The van der Waals surface area contributed by atoms with Crippen molar-refractivity contribution in [3.8, 4) is 17.2 Å². The lowest BCUT2D eigenvalue weighted by atomic mass is 10.1. The molecule has 0 spiro atoms. The molecule has 1 amide bonds. The van der Waals surface area contributed by atoms with Crippen LogP contribution in [0.2, 0.25) is 0 Å². The Labute approximate surface area is 218 Å². The summed E-state index contributed by atoms with van der Waals surface area (Å²) >= 11 is 0. The first kappa shape index (κ1) is 31.0. The van der Waals surface area contributed by atoms with Gasteiger partial charge in [-0.25, -0.2) is 0 Å². The number of unbranched alkanes of at least 4 members (excludes halogenated alkanes) is 1. The van der Waals surface area contributed by atoms with Gasteiger partial charge in [-0.05, 0) is 65.4 Å². The van der Waals surface area contributed by atoms with E-state index < -0.39 is 0 Å². The van der Waals surface area contributed by atoms with Crippen molar-refractivity contribution in [3.05, 3.63) is 59.2 Å². The Morgan fingerprint density at radius 2 is 1.56 bits per heavy atom. The summed E-state index contributed by atoms with van der Waals surface area (Å²) < 4.78 is 16.0. The Hall–Kier alpha value is -2.99. The third-order valence-electron chi connectivity index (χ3n) is 5.98. The average molecular weight is 499 g/mol. The molecule has 0 saturated carbocycles. The number of nitrogens with zero attached hydrogens (tertiary/aromatic N) is 2. The molecule has 2 aromatic rings. The number of amides is 1. The lowest BCUT2D eigenvalue weighted by molar-refractivity contribution is 0.0777. The molecule has 0 aromatic heterocycles. The number of hydrogen-bond acceptors (Lipinski definition) is 5. The minimum Gasteiger partial charge on any atom is -0.493 e. The van der Waals surface area contributed by atoms with Gasteiger partial charge in [-0.15, -0.1) is 0 Å². The fourth-order valence-corrected chi connectivity index (χ4v) is 3.56. The smallest absolute Gasteiger partial charge is 0.254 e. The van der Waals surface area contributed by atoms with Crippen molar-refractivity contribution in [1.29, 1.82) is 0 Å². The van der Waals surface area contributed by atoms with E-state index in [0.29, 0.717) is 41.9 Å². The number of carbonyl (C=O) groups is 1. The minimum atomic E-state index is -0.0856. The molecular formula is C30H46N2O4. The van der Waals surface area contributed by atoms with E-state index >= 15 is 0 Å². The maximum Gasteiger partial charge on any atom is 0.254 e. The summed E-state index contributed by atoms with van der Waals surface area (Å²) in [5.41, 5.74) is 2.72. The van der Waals surface area contributed by atoms with Crippen LogP contribution in [0.5, 0.6) is 17.2 Å². The first-order chi connectivity index (χ1) is 17.2. The summed E-state index contributed by atoms with van der Waals surface area (Å²) in [6.07, 6.45) is 4.72. The van der Waals surface area contributed by atoms with Gasteiger partial charge in [0.1, 0.15) is 0 Å². The Morgan fingerprint density at radius 3 is 2.00 bits per heavy atom. The van der Waals surface area contributed by atoms with Crippen molar-refractivity contribution in [3.63, 3.8) is 0 Å². The highest BCUT2D eigenvalue weighted by molar-refractivity contribution is 5.96. The molecule has 0 unspecified atom stereocenters. The Bertz CT molecular complexity index is 916. The van der Waals surface area contributed by atoms with E-state index in [1.165, 1.54) is 40.7 Å². The van der Waals surface area contributed by atoms with Crippen molar-refractivity contribution in [1.82, 2.24) is 9.80 Å². The third-order valence-corrected chi connectivity index (χ3v) is 5.98. The molecule has 0 bridgehead atoms. The highest BCUT2D eigenvalue weighted by atomic mass is 16.5. The predicted molar refractivity (Wildman–Crippen MR) is 150 cm³/mol. The lowest BCUT2D eigenvalue weighted by Gasteiger charge is -2.22. The standard InChI is InChI=1S/C22H27NO4.C8H19N/c1-6-23(15-16(2)12-17-10-8-7-9-11-17)22(24)18-13-19(25-3)21(27-5)20(14-18)26-4;1-5-6-7-9(4)8(2)3/h7-14H,6,15H2,1-5H3;8H,5-7H2,1-4H3/b16-12+;. The molecule has 0 aliphatic carbocycles. The second kappa shape index (κ2) is 16.6. The average Bonchev–Trinajstić information content (AvgIpc) is 2.89. The van der Waals surface area contributed by atoms with E-state index in [9.17, 15) is 4.79 Å². The molecule has 0 heterocycles. The first-order valence-corrected chi connectivity index (χ1v) is 12.7. The molecule has 36 heavy (non-hydrogen) atoms. The third kappa shape index (κ3) is 9.94. The molecule has 6 heteroatoms. The molecule has 0 saturated heterocycles. The summed E-state index contributed by atoms with van der Waals surface area (Å²) in [6, 6.07) is 14.1. The van der Waals surface area contributed by atoms with E-state index in [0.717, 1.165) is 11.1 Å². The van der Waals surface area contributed by atoms with Crippen LogP contribution in [0, 0.1) is 0 Å². The molecule has 0 fully saturated rings. The molecule has 2 rings (SSSR count). The van der Waals surface area contributed by atoms with Crippen LogP contribution in [0.4, 0.5) is 0 Å². The molecule has 0 atom stereocenters. The molecule has 2 aromatic carbocycles. The fraction of sp³-hybridized carbons (Fsp3) is 0.500. The summed E-state index contributed by atoms with van der Waals surface area (Å²) in [5.74, 6) is 1.32. The molecule has 0 aliphatic heterocycles. The summed E-state index contributed by atoms with van der Waals surface area (Å²) in [5, 5.41) is 0. The van der Waals surface area contributed by atoms with Crippen LogP contribution in [-0.4, -0.2) is 69.8 Å². The zero-order valence-corrected chi connectivity index (χ0v) is 23.8. The monoisotopic (exact) mass is 498 g/mol. The van der Waals surface area contributed by atoms with Crippen molar-refractivity contribution < 1.29 is 19.0 Å². The number of hydrogen-bond donors (Lipinski definition) is 0. The van der Waals surface area contributed by atoms with Gasteiger partial charge in [0.05, 0.1) is 21.3 Å². The van der Waals surface area contributed by atoms with Gasteiger partial charge in [-0.2, -0.15) is 0 Å². The SMILES string of the molecule is CCCCN(C)C(C)C.CCN(C/C(C)=C/c1ccccc1)C(=O)c1cc(OC)c(OC)c(OC)c1. The van der Waals surface area contributed by atoms with Gasteiger partial charge in [0.25, 0.3) is 5.91 Å². The molecule has 0 N–H and O–H groups in total. The number of ether oxygens (including phenoxy) is 3. The maximum absolute atomic E-state index is 13.0. The van der Waals surface area contributed by atoms with Gasteiger partial charge >= 0.3 is 0 Å². The second-order valence-electron chi connectivity index (χ2n) is 9.06. The maximum atomic E-state index is 13.0. The van der Waals surface area contributed by atoms with Crippen LogP contribution < -0.4 is 14.2 Å². The van der Waals surface area contributed by atoms with Gasteiger partial charge in [0.15, 0.2) is 11.5 Å². The molecule has 6 nitrogen and oxygen atoms in total. The molecule has 0 radical (unpaired) electrons. The normalized spacial score (nSPS) is 11.1. The quantitative estimate of drug-likeness (QED) is 0.339. The predicted octanol–water partition coefficient (Wildman–Crippen LogP) is 6.40. The number of carbonyl (C=O) groups excluding carboxylic acids is 1. The Morgan fingerprint density at radius 1 is 0.972 bits per heavy atom. The number of likely N-dealkylation sites (N-methyl/N-ethyl adjacent to an activating group) is 1. The summed E-state index contributed by atoms with van der Waals surface area (Å²) in [6.45, 7) is 13.1. The fourth-order valence-electron chi connectivity index (χ4n) is 3.56. The van der Waals surface area contributed by atoms with Gasteiger partial charge in [-0.3, -0.25) is 4.79 Å². The minimum absolute atomic E-state index is 0.0856. The molecule has 0 aliphatic rings. The number of methoxy groups -OCH3 is 3. The van der Waals surface area contributed by atoms with E-state index in [4.69, 9.17) is 14.2 Å². The topological polar surface area (TPSA) is 51.2 Å². The van der Waals surface area contributed by atoms with Crippen LogP contribution in [0.3, 0.4) is 0 Å². The summed E-state index contributed by atoms with van der Waals surface area (Å²) in [4.78, 5) is 17.2. The van der Waals surface area contributed by atoms with Gasteiger partial charge in [0.2, 0.25) is 5.75 Å². The second-order valence-corrected chi connectivity index (χ2v) is 9.06. The van der Waals surface area contributed by atoms with E-state index in [2.05, 4.69) is 38.8 Å². The zero-order chi connectivity index (χ0) is 27.1. The van der Waals surface area contributed by atoms with Crippen LogP contribution in [-0.2, 0) is 0 Å². The summed E-state index contributed by atoms with van der Waals surface area (Å²) in [7, 11) is 6.80. The van der Waals surface area contributed by atoms with Gasteiger partial charge in [0, 0.05) is 24.7 Å². The van der Waals surface area contributed by atoms with Gasteiger partial charge in [-0.1, -0.05) is 55.3 Å². The van der Waals surface area contributed by atoms with E-state index in [1.807, 2.05) is 44.2 Å². The zero-order valence-electron chi connectivity index (χ0n) is 23.8. The van der Waals surface area contributed by atoms with Crippen LogP contribution in [0.15, 0.2) is 48.0 Å². The Balaban J connectivity index is 0.000000613. The Kier molecular flexibility index (Phi) is 14.3. The van der Waals surface area contributed by atoms with Crippen molar-refractivity contribution in [2.75, 3.05) is 48.0 Å². The lowest BCUT2D eigenvalue weighted by Crippen LogP contribution is -2.32. The molecule has 200 valence electrons. The van der Waals surface area contributed by atoms with E-state index in [1.54, 1.807) is 17.0 Å². The highest BCUT2D eigenvalue weighted by Gasteiger charge is 2.20. The number of benzene rings is 2. The van der Waals surface area contributed by atoms with Crippen LogP contribution in [0.1, 0.15) is 63.4 Å². The first-order valence-electron chi connectivity index (χ1n) is 12.7. The van der Waals surface area contributed by atoms with Crippen LogP contribution in [0.25, 0.3) is 6.08 Å². The highest BCUT2D eigenvalue weighted by Crippen LogP contribution is 2.38.